The average Bonchev–Trinajstić information content (AvgIpc) is 2.10. The van der Waals surface area contributed by atoms with E-state index in [2.05, 4.69) is 33.3 Å². The monoisotopic (exact) mass is 202 g/mol. The maximum Gasteiger partial charge on any atom is 0.0829 e. The topological polar surface area (TPSA) is 38.0 Å². The Balaban J connectivity index is 3.35. The van der Waals surface area contributed by atoms with E-state index < -0.39 is 0 Å². The fraction of sp³-hybridized carbons (Fsp3) is 1.00. The third-order valence-electron chi connectivity index (χ3n) is 3.04. The highest BCUT2D eigenvalue weighted by Gasteiger charge is 2.18. The van der Waals surface area contributed by atoms with E-state index in [9.17, 15) is 0 Å². The number of nitrogens with zero attached hydrogens (tertiary/aromatic N) is 1. The van der Waals surface area contributed by atoms with Crippen LogP contribution < -0.4 is 11.1 Å². The Morgan fingerprint density at radius 3 is 2.21 bits per heavy atom. The van der Waals surface area contributed by atoms with Gasteiger partial charge in [-0.3, -0.25) is 0 Å². The van der Waals surface area contributed by atoms with E-state index in [0.717, 1.165) is 30.5 Å². The van der Waals surface area contributed by atoms with Crippen LogP contribution in [0, 0.1) is 0 Å². The van der Waals surface area contributed by atoms with Gasteiger partial charge >= 0.3 is 0 Å². The minimum atomic E-state index is 0.707. The van der Waals surface area contributed by atoms with Gasteiger partial charge in [0.1, 0.15) is 0 Å². The average molecular weight is 202 g/mol. The molecule has 0 spiro atoms. The first-order chi connectivity index (χ1) is 6.50. The Morgan fingerprint density at radius 2 is 1.71 bits per heavy atom. The summed E-state index contributed by atoms with van der Waals surface area (Å²) in [4.78, 5) is 0. The van der Waals surface area contributed by atoms with E-state index in [4.69, 9.17) is 5.73 Å². The highest BCUT2D eigenvalue weighted by molar-refractivity contribution is 4.49. The lowest BCUT2D eigenvalue weighted by atomic mass is 10.2. The van der Waals surface area contributed by atoms with E-state index in [1.807, 2.05) is 0 Å². The van der Waals surface area contributed by atoms with Gasteiger partial charge in [0.05, 0.1) is 26.7 Å². The Kier molecular flexibility index (Phi) is 7.15. The van der Waals surface area contributed by atoms with Crippen molar-refractivity contribution in [3.8, 4) is 0 Å². The molecule has 0 heterocycles. The molecule has 0 bridgehead atoms. The summed E-state index contributed by atoms with van der Waals surface area (Å²) < 4.78 is 1.11. The molecular formula is C11H28N3+. The lowest BCUT2D eigenvalue weighted by Gasteiger charge is -2.34. The van der Waals surface area contributed by atoms with Gasteiger partial charge in [0.2, 0.25) is 0 Å². The molecule has 0 radical (unpaired) electrons. The van der Waals surface area contributed by atoms with Crippen molar-refractivity contribution in [2.24, 2.45) is 5.73 Å². The minimum absolute atomic E-state index is 0.707. The normalized spacial score (nSPS) is 12.4. The van der Waals surface area contributed by atoms with Crippen LogP contribution in [0.1, 0.15) is 26.7 Å². The number of nitrogens with one attached hydrogen (secondary N) is 1. The van der Waals surface area contributed by atoms with Gasteiger partial charge in [-0.1, -0.05) is 0 Å². The van der Waals surface area contributed by atoms with Gasteiger partial charge in [-0.2, -0.15) is 0 Å². The van der Waals surface area contributed by atoms with Crippen LogP contribution >= 0.6 is 0 Å². The molecule has 3 heteroatoms. The quantitative estimate of drug-likeness (QED) is 0.451. The molecule has 0 aromatic rings. The summed E-state index contributed by atoms with van der Waals surface area (Å²) in [6, 6.07) is 0.707. The molecule has 0 amide bonds. The Labute approximate surface area is 89.2 Å². The van der Waals surface area contributed by atoms with Gasteiger partial charge in [-0.15, -0.1) is 0 Å². The summed E-state index contributed by atoms with van der Waals surface area (Å²) in [7, 11) is 4.59. The van der Waals surface area contributed by atoms with E-state index in [1.165, 1.54) is 13.0 Å². The van der Waals surface area contributed by atoms with Crippen LogP contribution in [0.4, 0.5) is 0 Å². The molecule has 0 atom stereocenters. The van der Waals surface area contributed by atoms with Crippen LogP contribution in [0.2, 0.25) is 0 Å². The van der Waals surface area contributed by atoms with Crippen molar-refractivity contribution in [1.29, 1.82) is 0 Å². The Morgan fingerprint density at radius 1 is 1.14 bits per heavy atom. The van der Waals surface area contributed by atoms with Crippen molar-refractivity contribution in [3.63, 3.8) is 0 Å². The zero-order valence-corrected chi connectivity index (χ0v) is 10.3. The summed E-state index contributed by atoms with van der Waals surface area (Å²) >= 11 is 0. The predicted molar refractivity (Wildman–Crippen MR) is 63.3 cm³/mol. The smallest absolute Gasteiger partial charge is 0.0829 e. The first-order valence-electron chi connectivity index (χ1n) is 5.74. The fourth-order valence-electron chi connectivity index (χ4n) is 1.22. The minimum Gasteiger partial charge on any atom is -0.330 e. The number of quaternary nitrogens is 1. The second-order valence-electron chi connectivity index (χ2n) is 4.84. The SMILES string of the molecule is CC(C)[N+](C)(C)CCCNCCCN. The zero-order valence-electron chi connectivity index (χ0n) is 10.3. The molecule has 0 rings (SSSR count). The molecule has 0 unspecified atom stereocenters. The molecule has 0 fully saturated rings. The van der Waals surface area contributed by atoms with Crippen LogP contribution in [0.15, 0.2) is 0 Å². The molecule has 0 aromatic carbocycles. The van der Waals surface area contributed by atoms with Gasteiger partial charge in [0.25, 0.3) is 0 Å². The van der Waals surface area contributed by atoms with Crippen LogP contribution in [0.3, 0.4) is 0 Å². The first-order valence-corrected chi connectivity index (χ1v) is 5.74. The number of hydrogen-bond donors (Lipinski definition) is 2. The van der Waals surface area contributed by atoms with E-state index in [-0.39, 0.29) is 0 Å². The lowest BCUT2D eigenvalue weighted by Crippen LogP contribution is -2.47. The molecule has 0 aliphatic heterocycles. The largest absolute Gasteiger partial charge is 0.330 e. The van der Waals surface area contributed by atoms with Gasteiger partial charge < -0.3 is 15.5 Å². The third kappa shape index (κ3) is 6.35. The molecule has 3 N–H and O–H groups in total. The first kappa shape index (κ1) is 13.9. The van der Waals surface area contributed by atoms with Gasteiger partial charge in [0.15, 0.2) is 0 Å². The van der Waals surface area contributed by atoms with Crippen molar-refractivity contribution in [2.75, 3.05) is 40.3 Å². The summed E-state index contributed by atoms with van der Waals surface area (Å²) in [5.41, 5.74) is 5.41. The molecule has 0 aliphatic rings. The van der Waals surface area contributed by atoms with Crippen molar-refractivity contribution < 1.29 is 4.48 Å². The maximum atomic E-state index is 5.41. The third-order valence-corrected chi connectivity index (χ3v) is 3.04. The molecule has 86 valence electrons. The summed E-state index contributed by atoms with van der Waals surface area (Å²) in [5, 5.41) is 3.41. The second kappa shape index (κ2) is 7.21. The van der Waals surface area contributed by atoms with Crippen LogP contribution in [0.25, 0.3) is 0 Å². The highest BCUT2D eigenvalue weighted by atomic mass is 15.3. The maximum absolute atomic E-state index is 5.41. The summed E-state index contributed by atoms with van der Waals surface area (Å²) in [5.74, 6) is 0. The second-order valence-corrected chi connectivity index (χ2v) is 4.84. The van der Waals surface area contributed by atoms with Crippen LogP contribution in [0.5, 0.6) is 0 Å². The predicted octanol–water partition coefficient (Wildman–Crippen LogP) is 0.800. The van der Waals surface area contributed by atoms with Gasteiger partial charge in [-0.25, -0.2) is 0 Å². The molecule has 0 aliphatic carbocycles. The number of nitrogens with two attached hydrogens (primary N) is 1. The Hall–Kier alpha value is -0.120. The van der Waals surface area contributed by atoms with Crippen molar-refractivity contribution in [3.05, 3.63) is 0 Å². The van der Waals surface area contributed by atoms with Crippen molar-refractivity contribution in [2.45, 2.75) is 32.7 Å². The van der Waals surface area contributed by atoms with E-state index >= 15 is 0 Å². The summed E-state index contributed by atoms with van der Waals surface area (Å²) in [6.45, 7) is 8.78. The number of rotatable bonds is 8. The molecular weight excluding hydrogens is 174 g/mol. The molecule has 0 saturated heterocycles. The fourth-order valence-corrected chi connectivity index (χ4v) is 1.22. The van der Waals surface area contributed by atoms with Crippen LogP contribution in [-0.4, -0.2) is 50.8 Å². The molecule has 0 aromatic heterocycles. The molecule has 0 saturated carbocycles. The van der Waals surface area contributed by atoms with Gasteiger partial charge in [-0.05, 0) is 33.4 Å². The van der Waals surface area contributed by atoms with Crippen molar-refractivity contribution in [1.82, 2.24) is 5.32 Å². The highest BCUT2D eigenvalue weighted by Crippen LogP contribution is 2.05. The Bertz CT molecular complexity index is 132. The van der Waals surface area contributed by atoms with Gasteiger partial charge in [0, 0.05) is 13.0 Å². The standard InChI is InChI=1S/C11H28N3/c1-11(2)14(3,4)10-6-9-13-8-5-7-12/h11,13H,5-10,12H2,1-4H3/q+1. The zero-order chi connectivity index (χ0) is 11.0. The van der Waals surface area contributed by atoms with Crippen LogP contribution in [-0.2, 0) is 0 Å². The summed E-state index contributed by atoms with van der Waals surface area (Å²) in [6.07, 6.45) is 2.33. The van der Waals surface area contributed by atoms with Crippen molar-refractivity contribution >= 4 is 0 Å². The van der Waals surface area contributed by atoms with E-state index in [0.29, 0.717) is 6.04 Å². The molecule has 3 nitrogen and oxygen atoms in total. The number of hydrogen-bond acceptors (Lipinski definition) is 2. The molecule has 14 heavy (non-hydrogen) atoms. The van der Waals surface area contributed by atoms with E-state index in [1.54, 1.807) is 0 Å². The lowest BCUT2D eigenvalue weighted by molar-refractivity contribution is -0.911.